The molecule has 0 fully saturated rings. The van der Waals surface area contributed by atoms with Crippen LogP contribution in [0.1, 0.15) is 6.92 Å². The number of rotatable bonds is 7. The first-order valence-electron chi connectivity index (χ1n) is 8.58. The predicted octanol–water partition coefficient (Wildman–Crippen LogP) is 3.25. The summed E-state index contributed by atoms with van der Waals surface area (Å²) in [6.07, 6.45) is 0. The second kappa shape index (κ2) is 8.77. The molecule has 0 spiro atoms. The lowest BCUT2D eigenvalue weighted by molar-refractivity contribution is -0.114. The minimum Gasteiger partial charge on any atom is -0.395 e. The number of hydrogen-bond donors (Lipinski definition) is 4. The fraction of sp³-hybridized carbons (Fsp3) is 0.150. The van der Waals surface area contributed by atoms with Crippen LogP contribution in [0.15, 0.2) is 60.7 Å². The van der Waals surface area contributed by atoms with Crippen molar-refractivity contribution in [2.24, 2.45) is 0 Å². The van der Waals surface area contributed by atoms with Crippen LogP contribution in [0.2, 0.25) is 0 Å². The molecule has 0 saturated heterocycles. The van der Waals surface area contributed by atoms with E-state index < -0.39 is 0 Å². The number of amides is 1. The predicted molar refractivity (Wildman–Crippen MR) is 107 cm³/mol. The Kier molecular flexibility index (Phi) is 5.96. The zero-order valence-corrected chi connectivity index (χ0v) is 14.9. The van der Waals surface area contributed by atoms with Gasteiger partial charge in [-0.05, 0) is 24.3 Å². The number of aliphatic hydroxyl groups is 1. The van der Waals surface area contributed by atoms with Crippen LogP contribution >= 0.6 is 0 Å². The molecule has 0 aliphatic rings. The van der Waals surface area contributed by atoms with Crippen LogP contribution in [0.25, 0.3) is 11.3 Å². The molecule has 1 aromatic heterocycles. The topological polar surface area (TPSA) is 99.2 Å². The van der Waals surface area contributed by atoms with Gasteiger partial charge in [0.05, 0.1) is 12.3 Å². The first kappa shape index (κ1) is 18.3. The summed E-state index contributed by atoms with van der Waals surface area (Å²) >= 11 is 0. The van der Waals surface area contributed by atoms with Gasteiger partial charge < -0.3 is 21.1 Å². The Labute approximate surface area is 157 Å². The monoisotopic (exact) mass is 363 g/mol. The Bertz CT molecular complexity index is 898. The summed E-state index contributed by atoms with van der Waals surface area (Å²) in [6, 6.07) is 19.0. The van der Waals surface area contributed by atoms with Gasteiger partial charge in [0, 0.05) is 36.5 Å². The first-order chi connectivity index (χ1) is 13.1. The van der Waals surface area contributed by atoms with Crippen molar-refractivity contribution in [2.45, 2.75) is 6.92 Å². The lowest BCUT2D eigenvalue weighted by Gasteiger charge is -2.11. The molecule has 0 aliphatic carbocycles. The summed E-state index contributed by atoms with van der Waals surface area (Å²) in [7, 11) is 0. The van der Waals surface area contributed by atoms with E-state index in [-0.39, 0.29) is 12.5 Å². The van der Waals surface area contributed by atoms with Crippen molar-refractivity contribution in [3.05, 3.63) is 60.7 Å². The van der Waals surface area contributed by atoms with E-state index in [1.807, 2.05) is 60.7 Å². The van der Waals surface area contributed by atoms with Crippen molar-refractivity contribution in [3.8, 4) is 11.3 Å². The Hall–Kier alpha value is -3.45. The Balaban J connectivity index is 1.86. The lowest BCUT2D eigenvalue weighted by Crippen LogP contribution is -2.10. The molecule has 3 rings (SSSR count). The van der Waals surface area contributed by atoms with Gasteiger partial charge in [0.2, 0.25) is 11.9 Å². The van der Waals surface area contributed by atoms with E-state index in [0.717, 1.165) is 22.6 Å². The number of carbonyl (C=O) groups excluding carboxylic acids is 1. The van der Waals surface area contributed by atoms with Gasteiger partial charge in [-0.2, -0.15) is 4.98 Å². The maximum Gasteiger partial charge on any atom is 0.225 e. The number of nitrogens with zero attached hydrogens (tertiary/aromatic N) is 2. The molecule has 0 bridgehead atoms. The molecule has 138 valence electrons. The van der Waals surface area contributed by atoms with Crippen LogP contribution in [0.4, 0.5) is 23.1 Å². The molecule has 0 saturated carbocycles. The molecule has 1 heterocycles. The van der Waals surface area contributed by atoms with Crippen LogP contribution in [0, 0.1) is 0 Å². The van der Waals surface area contributed by atoms with Gasteiger partial charge in [0.25, 0.3) is 0 Å². The number of carbonyl (C=O) groups is 1. The van der Waals surface area contributed by atoms with E-state index in [1.54, 1.807) is 0 Å². The van der Waals surface area contributed by atoms with Gasteiger partial charge in [-0.25, -0.2) is 4.98 Å². The molecular weight excluding hydrogens is 342 g/mol. The van der Waals surface area contributed by atoms with E-state index in [2.05, 4.69) is 25.9 Å². The highest BCUT2D eigenvalue weighted by atomic mass is 16.3. The van der Waals surface area contributed by atoms with Gasteiger partial charge >= 0.3 is 0 Å². The molecular formula is C20H21N5O2. The number of nitrogens with one attached hydrogen (secondary N) is 3. The van der Waals surface area contributed by atoms with Crippen molar-refractivity contribution >= 4 is 29.0 Å². The summed E-state index contributed by atoms with van der Waals surface area (Å²) in [5.74, 6) is 0.943. The summed E-state index contributed by atoms with van der Waals surface area (Å²) in [4.78, 5) is 20.1. The number of aromatic nitrogens is 2. The first-order valence-corrected chi connectivity index (χ1v) is 8.58. The molecule has 4 N–H and O–H groups in total. The van der Waals surface area contributed by atoms with Crippen molar-refractivity contribution in [1.82, 2.24) is 9.97 Å². The van der Waals surface area contributed by atoms with Crippen LogP contribution in [-0.4, -0.2) is 34.1 Å². The highest BCUT2D eigenvalue weighted by molar-refractivity contribution is 5.88. The van der Waals surface area contributed by atoms with E-state index >= 15 is 0 Å². The van der Waals surface area contributed by atoms with Crippen LogP contribution in [0.5, 0.6) is 0 Å². The highest BCUT2D eigenvalue weighted by Crippen LogP contribution is 2.24. The molecule has 0 atom stereocenters. The summed E-state index contributed by atoms with van der Waals surface area (Å²) in [5.41, 5.74) is 3.29. The Morgan fingerprint density at radius 2 is 1.70 bits per heavy atom. The molecule has 0 radical (unpaired) electrons. The van der Waals surface area contributed by atoms with E-state index in [0.29, 0.717) is 18.3 Å². The maximum atomic E-state index is 11.1. The van der Waals surface area contributed by atoms with Gasteiger partial charge in [-0.1, -0.05) is 30.3 Å². The van der Waals surface area contributed by atoms with Crippen LogP contribution in [0.3, 0.4) is 0 Å². The lowest BCUT2D eigenvalue weighted by atomic mass is 10.1. The fourth-order valence-electron chi connectivity index (χ4n) is 2.50. The van der Waals surface area contributed by atoms with E-state index in [4.69, 9.17) is 5.11 Å². The summed E-state index contributed by atoms with van der Waals surface area (Å²) in [6.45, 7) is 1.83. The van der Waals surface area contributed by atoms with Gasteiger partial charge in [-0.15, -0.1) is 0 Å². The molecule has 1 amide bonds. The average Bonchev–Trinajstić information content (AvgIpc) is 2.68. The highest BCUT2D eigenvalue weighted by Gasteiger charge is 2.07. The number of benzene rings is 2. The SMILES string of the molecule is CC(=O)Nc1ccc(Nc2cc(-c3ccccc3)nc(NCCO)n2)cc1. The van der Waals surface area contributed by atoms with E-state index in [9.17, 15) is 4.79 Å². The minimum atomic E-state index is -0.112. The molecule has 7 nitrogen and oxygen atoms in total. The maximum absolute atomic E-state index is 11.1. The second-order valence-electron chi connectivity index (χ2n) is 5.86. The minimum absolute atomic E-state index is 0.00764. The number of anilines is 4. The fourth-order valence-corrected chi connectivity index (χ4v) is 2.50. The third kappa shape index (κ3) is 5.26. The largest absolute Gasteiger partial charge is 0.395 e. The molecule has 0 aliphatic heterocycles. The smallest absolute Gasteiger partial charge is 0.225 e. The van der Waals surface area contributed by atoms with Crippen molar-refractivity contribution in [1.29, 1.82) is 0 Å². The van der Waals surface area contributed by atoms with Crippen LogP contribution in [-0.2, 0) is 4.79 Å². The molecule has 0 unspecified atom stereocenters. The van der Waals surface area contributed by atoms with Crippen LogP contribution < -0.4 is 16.0 Å². The third-order valence-corrected chi connectivity index (χ3v) is 3.67. The molecule has 27 heavy (non-hydrogen) atoms. The molecule has 2 aromatic carbocycles. The normalized spacial score (nSPS) is 10.3. The standard InChI is InChI=1S/C20H21N5O2/c1-14(27)22-16-7-9-17(10-8-16)23-19-13-18(15-5-3-2-4-6-15)24-20(25-19)21-11-12-26/h2-10,13,26H,11-12H2,1H3,(H,22,27)(H2,21,23,24,25). The molecule has 7 heteroatoms. The zero-order chi connectivity index (χ0) is 19.1. The Morgan fingerprint density at radius 1 is 1.00 bits per heavy atom. The number of aliphatic hydroxyl groups excluding tert-OH is 1. The average molecular weight is 363 g/mol. The van der Waals surface area contributed by atoms with Crippen molar-refractivity contribution in [2.75, 3.05) is 29.1 Å². The van der Waals surface area contributed by atoms with Crippen molar-refractivity contribution in [3.63, 3.8) is 0 Å². The van der Waals surface area contributed by atoms with Crippen molar-refractivity contribution < 1.29 is 9.90 Å². The summed E-state index contributed by atoms with van der Waals surface area (Å²) < 4.78 is 0. The van der Waals surface area contributed by atoms with E-state index in [1.165, 1.54) is 6.92 Å². The van der Waals surface area contributed by atoms with Gasteiger partial charge in [0.1, 0.15) is 5.82 Å². The van der Waals surface area contributed by atoms with Gasteiger partial charge in [-0.3, -0.25) is 4.79 Å². The third-order valence-electron chi connectivity index (χ3n) is 3.67. The quantitative estimate of drug-likeness (QED) is 0.514. The summed E-state index contributed by atoms with van der Waals surface area (Å²) in [5, 5.41) is 18.0. The molecule has 3 aromatic rings. The van der Waals surface area contributed by atoms with Gasteiger partial charge in [0.15, 0.2) is 0 Å². The second-order valence-corrected chi connectivity index (χ2v) is 5.86. The Morgan fingerprint density at radius 3 is 2.37 bits per heavy atom. The number of hydrogen-bond acceptors (Lipinski definition) is 6. The zero-order valence-electron chi connectivity index (χ0n) is 14.9.